The van der Waals surface area contributed by atoms with Gasteiger partial charge in [0.25, 0.3) is 0 Å². The molecule has 19 heavy (non-hydrogen) atoms. The Morgan fingerprint density at radius 1 is 1.05 bits per heavy atom. The van der Waals surface area contributed by atoms with E-state index in [1.165, 1.54) is 64.6 Å². The predicted molar refractivity (Wildman–Crippen MR) is 80.5 cm³/mol. The maximum absolute atomic E-state index is 5.57. The van der Waals surface area contributed by atoms with Crippen LogP contribution >= 0.6 is 0 Å². The van der Waals surface area contributed by atoms with Gasteiger partial charge >= 0.3 is 0 Å². The summed E-state index contributed by atoms with van der Waals surface area (Å²) in [6.45, 7) is 8.99. The molecular weight excluding hydrogens is 236 g/mol. The van der Waals surface area contributed by atoms with Gasteiger partial charge in [0.15, 0.2) is 0 Å². The standard InChI is InChI=1S/C16H32N2O/c1-2-9-17-16-8-5-3-4-7-15(16)14-18-10-6-12-19-13-11-18/h15-17H,2-14H2,1H3. The molecule has 1 saturated carbocycles. The highest BCUT2D eigenvalue weighted by Gasteiger charge is 2.25. The van der Waals surface area contributed by atoms with E-state index in [1.54, 1.807) is 0 Å². The van der Waals surface area contributed by atoms with Crippen LogP contribution in [0.25, 0.3) is 0 Å². The van der Waals surface area contributed by atoms with Gasteiger partial charge in [-0.25, -0.2) is 0 Å². The zero-order valence-electron chi connectivity index (χ0n) is 12.7. The van der Waals surface area contributed by atoms with Crippen LogP contribution in [-0.4, -0.2) is 50.3 Å². The van der Waals surface area contributed by atoms with Crippen LogP contribution in [0.3, 0.4) is 0 Å². The van der Waals surface area contributed by atoms with E-state index in [9.17, 15) is 0 Å². The van der Waals surface area contributed by atoms with Gasteiger partial charge in [-0.3, -0.25) is 0 Å². The predicted octanol–water partition coefficient (Wildman–Crippen LogP) is 2.66. The Labute approximate surface area is 119 Å². The van der Waals surface area contributed by atoms with E-state index in [0.29, 0.717) is 0 Å². The maximum Gasteiger partial charge on any atom is 0.0593 e. The maximum atomic E-state index is 5.57. The highest BCUT2D eigenvalue weighted by atomic mass is 16.5. The van der Waals surface area contributed by atoms with Crippen LogP contribution in [0.1, 0.15) is 51.9 Å². The first kappa shape index (κ1) is 15.3. The number of ether oxygens (including phenoxy) is 1. The number of nitrogens with zero attached hydrogens (tertiary/aromatic N) is 1. The first-order valence-corrected chi connectivity index (χ1v) is 8.43. The van der Waals surface area contributed by atoms with Crippen LogP contribution in [0.5, 0.6) is 0 Å². The van der Waals surface area contributed by atoms with Crippen LogP contribution in [0.2, 0.25) is 0 Å². The molecule has 1 aliphatic carbocycles. The molecular formula is C16H32N2O. The van der Waals surface area contributed by atoms with Crippen LogP contribution < -0.4 is 5.32 Å². The van der Waals surface area contributed by atoms with E-state index >= 15 is 0 Å². The van der Waals surface area contributed by atoms with Crippen molar-refractivity contribution < 1.29 is 4.74 Å². The summed E-state index contributed by atoms with van der Waals surface area (Å²) in [7, 11) is 0. The summed E-state index contributed by atoms with van der Waals surface area (Å²) in [5.41, 5.74) is 0. The molecule has 2 rings (SSSR count). The zero-order valence-corrected chi connectivity index (χ0v) is 12.7. The molecule has 3 heteroatoms. The molecule has 1 heterocycles. The molecule has 3 nitrogen and oxygen atoms in total. The van der Waals surface area contributed by atoms with Gasteiger partial charge in [-0.05, 0) is 38.1 Å². The lowest BCUT2D eigenvalue weighted by atomic mass is 9.93. The average molecular weight is 268 g/mol. The van der Waals surface area contributed by atoms with E-state index in [1.807, 2.05) is 0 Å². The lowest BCUT2D eigenvalue weighted by Gasteiger charge is -2.31. The second-order valence-electron chi connectivity index (χ2n) is 6.23. The second-order valence-corrected chi connectivity index (χ2v) is 6.23. The fourth-order valence-electron chi connectivity index (χ4n) is 3.51. The van der Waals surface area contributed by atoms with Crippen molar-refractivity contribution in [2.45, 2.75) is 57.9 Å². The molecule has 2 atom stereocenters. The van der Waals surface area contributed by atoms with Crippen molar-refractivity contribution in [2.24, 2.45) is 5.92 Å². The lowest BCUT2D eigenvalue weighted by Crippen LogP contribution is -2.43. The molecule has 1 aliphatic heterocycles. The van der Waals surface area contributed by atoms with Crippen LogP contribution in [0, 0.1) is 5.92 Å². The van der Waals surface area contributed by atoms with Crippen LogP contribution in [0.4, 0.5) is 0 Å². The van der Waals surface area contributed by atoms with Crippen LogP contribution in [-0.2, 0) is 4.74 Å². The first-order valence-electron chi connectivity index (χ1n) is 8.43. The zero-order chi connectivity index (χ0) is 13.3. The molecule has 0 aromatic rings. The quantitative estimate of drug-likeness (QED) is 0.776. The van der Waals surface area contributed by atoms with Gasteiger partial charge in [-0.2, -0.15) is 0 Å². The van der Waals surface area contributed by atoms with Crippen molar-refractivity contribution in [2.75, 3.05) is 39.4 Å². The molecule has 2 fully saturated rings. The molecule has 2 unspecified atom stereocenters. The number of hydrogen-bond acceptors (Lipinski definition) is 3. The molecule has 0 aromatic carbocycles. The Morgan fingerprint density at radius 3 is 2.84 bits per heavy atom. The minimum absolute atomic E-state index is 0.756. The Morgan fingerprint density at radius 2 is 1.95 bits per heavy atom. The fourth-order valence-corrected chi connectivity index (χ4v) is 3.51. The van der Waals surface area contributed by atoms with E-state index in [-0.39, 0.29) is 0 Å². The van der Waals surface area contributed by atoms with Gasteiger partial charge in [0.1, 0.15) is 0 Å². The monoisotopic (exact) mass is 268 g/mol. The van der Waals surface area contributed by atoms with E-state index in [0.717, 1.165) is 31.7 Å². The molecule has 0 spiro atoms. The molecule has 2 aliphatic rings. The number of rotatable bonds is 5. The molecule has 1 N–H and O–H groups in total. The van der Waals surface area contributed by atoms with Crippen molar-refractivity contribution in [3.63, 3.8) is 0 Å². The molecule has 0 aromatic heterocycles. The third kappa shape index (κ3) is 5.41. The topological polar surface area (TPSA) is 24.5 Å². The van der Waals surface area contributed by atoms with Gasteiger partial charge in [0.2, 0.25) is 0 Å². The molecule has 0 amide bonds. The fraction of sp³-hybridized carbons (Fsp3) is 1.00. The smallest absolute Gasteiger partial charge is 0.0593 e. The van der Waals surface area contributed by atoms with E-state index < -0.39 is 0 Å². The Balaban J connectivity index is 1.84. The lowest BCUT2D eigenvalue weighted by molar-refractivity contribution is 0.134. The largest absolute Gasteiger partial charge is 0.380 e. The van der Waals surface area contributed by atoms with Crippen molar-refractivity contribution >= 4 is 0 Å². The molecule has 0 bridgehead atoms. The van der Waals surface area contributed by atoms with Gasteiger partial charge in [-0.15, -0.1) is 0 Å². The highest BCUT2D eigenvalue weighted by Crippen LogP contribution is 2.24. The van der Waals surface area contributed by atoms with Crippen molar-refractivity contribution in [1.29, 1.82) is 0 Å². The molecule has 112 valence electrons. The molecule has 1 saturated heterocycles. The number of nitrogens with one attached hydrogen (secondary N) is 1. The third-order valence-electron chi connectivity index (χ3n) is 4.62. The van der Waals surface area contributed by atoms with Crippen molar-refractivity contribution in [3.8, 4) is 0 Å². The van der Waals surface area contributed by atoms with Gasteiger partial charge in [-0.1, -0.05) is 26.2 Å². The van der Waals surface area contributed by atoms with Crippen LogP contribution in [0.15, 0.2) is 0 Å². The van der Waals surface area contributed by atoms with Gasteiger partial charge in [0, 0.05) is 32.3 Å². The second kappa shape index (κ2) is 8.93. The summed E-state index contributed by atoms with van der Waals surface area (Å²) in [4.78, 5) is 2.64. The summed E-state index contributed by atoms with van der Waals surface area (Å²) in [6.07, 6.45) is 9.54. The average Bonchev–Trinajstić information content (AvgIpc) is 2.80. The summed E-state index contributed by atoms with van der Waals surface area (Å²) in [5.74, 6) is 0.854. The minimum atomic E-state index is 0.756. The SMILES string of the molecule is CCCNC1CCCCCC1CN1CCCOCC1. The molecule has 0 radical (unpaired) electrons. The summed E-state index contributed by atoms with van der Waals surface area (Å²) >= 11 is 0. The van der Waals surface area contributed by atoms with E-state index in [4.69, 9.17) is 4.74 Å². The normalized spacial score (nSPS) is 30.8. The highest BCUT2D eigenvalue weighted by molar-refractivity contribution is 4.82. The van der Waals surface area contributed by atoms with Crippen molar-refractivity contribution in [3.05, 3.63) is 0 Å². The Hall–Kier alpha value is -0.120. The Bertz CT molecular complexity index is 227. The Kier molecular flexibility index (Phi) is 7.18. The summed E-state index contributed by atoms with van der Waals surface area (Å²) < 4.78 is 5.57. The first-order chi connectivity index (χ1) is 9.40. The van der Waals surface area contributed by atoms with Gasteiger partial charge < -0.3 is 15.0 Å². The minimum Gasteiger partial charge on any atom is -0.380 e. The number of hydrogen-bond donors (Lipinski definition) is 1. The van der Waals surface area contributed by atoms with E-state index in [2.05, 4.69) is 17.1 Å². The third-order valence-corrected chi connectivity index (χ3v) is 4.62. The van der Waals surface area contributed by atoms with Crippen molar-refractivity contribution in [1.82, 2.24) is 10.2 Å². The summed E-state index contributed by atoms with van der Waals surface area (Å²) in [6, 6.07) is 0.756. The summed E-state index contributed by atoms with van der Waals surface area (Å²) in [5, 5.41) is 3.81. The van der Waals surface area contributed by atoms with Gasteiger partial charge in [0.05, 0.1) is 6.61 Å².